The topological polar surface area (TPSA) is 50.2 Å². The summed E-state index contributed by atoms with van der Waals surface area (Å²) < 4.78 is 1.93. The summed E-state index contributed by atoms with van der Waals surface area (Å²) in [7, 11) is 1.98. The molecule has 2 aliphatic rings. The summed E-state index contributed by atoms with van der Waals surface area (Å²) >= 11 is 0. The summed E-state index contributed by atoms with van der Waals surface area (Å²) in [6.07, 6.45) is 6.04. The van der Waals surface area contributed by atoms with E-state index in [2.05, 4.69) is 21.4 Å². The van der Waals surface area contributed by atoms with E-state index in [1.807, 2.05) is 17.9 Å². The summed E-state index contributed by atoms with van der Waals surface area (Å²) in [5.74, 6) is 0.291. The predicted octanol–water partition coefficient (Wildman–Crippen LogP) is 0.912. The Bertz CT molecular complexity index is 460. The number of rotatable bonds is 2. The molecule has 2 aliphatic heterocycles. The zero-order valence-electron chi connectivity index (χ0n) is 11.6. The normalized spacial score (nSPS) is 23.5. The number of aromatic nitrogens is 2. The standard InChI is InChI=1S/C14H22N4O/c1-17-12(3-8-16-17)11-18-9-5-14(6-10-18)4-2-7-15-13(14)19/h3,8H,2,4-7,9-11H2,1H3,(H,15,19). The van der Waals surface area contributed by atoms with E-state index in [4.69, 9.17) is 0 Å². The molecule has 3 rings (SSSR count). The van der Waals surface area contributed by atoms with Crippen molar-refractivity contribution in [3.05, 3.63) is 18.0 Å². The van der Waals surface area contributed by atoms with Crippen LogP contribution in [0.2, 0.25) is 0 Å². The fraction of sp³-hybridized carbons (Fsp3) is 0.714. The molecule has 0 aliphatic carbocycles. The van der Waals surface area contributed by atoms with E-state index in [-0.39, 0.29) is 5.41 Å². The summed E-state index contributed by atoms with van der Waals surface area (Å²) in [4.78, 5) is 14.5. The van der Waals surface area contributed by atoms with Crippen molar-refractivity contribution in [2.75, 3.05) is 19.6 Å². The van der Waals surface area contributed by atoms with Gasteiger partial charge in [0.1, 0.15) is 0 Å². The number of nitrogens with zero attached hydrogens (tertiary/aromatic N) is 3. The molecule has 1 aromatic heterocycles. The van der Waals surface area contributed by atoms with Gasteiger partial charge in [0.25, 0.3) is 0 Å². The molecule has 3 heterocycles. The van der Waals surface area contributed by atoms with Crippen LogP contribution in [0.5, 0.6) is 0 Å². The molecule has 1 spiro atoms. The Labute approximate surface area is 114 Å². The van der Waals surface area contributed by atoms with Crippen LogP contribution >= 0.6 is 0 Å². The zero-order valence-corrected chi connectivity index (χ0v) is 11.6. The highest BCUT2D eigenvalue weighted by Gasteiger charge is 2.42. The van der Waals surface area contributed by atoms with Gasteiger partial charge in [0.15, 0.2) is 0 Å². The first-order chi connectivity index (χ1) is 9.20. The summed E-state index contributed by atoms with van der Waals surface area (Å²) in [5, 5.41) is 7.24. The molecule has 0 saturated carbocycles. The maximum atomic E-state index is 12.1. The van der Waals surface area contributed by atoms with Crippen LogP contribution in [0.3, 0.4) is 0 Å². The van der Waals surface area contributed by atoms with Crippen molar-refractivity contribution in [3.63, 3.8) is 0 Å². The van der Waals surface area contributed by atoms with E-state index in [0.29, 0.717) is 5.91 Å². The Morgan fingerprint density at radius 2 is 2.16 bits per heavy atom. The highest BCUT2D eigenvalue weighted by Crippen LogP contribution is 2.38. The van der Waals surface area contributed by atoms with Crippen molar-refractivity contribution < 1.29 is 4.79 Å². The first-order valence-electron chi connectivity index (χ1n) is 7.17. The molecular weight excluding hydrogens is 240 g/mol. The number of nitrogens with one attached hydrogen (secondary N) is 1. The predicted molar refractivity (Wildman–Crippen MR) is 72.4 cm³/mol. The van der Waals surface area contributed by atoms with E-state index >= 15 is 0 Å². The molecule has 0 radical (unpaired) electrons. The zero-order chi connectivity index (χ0) is 13.3. The summed E-state index contributed by atoms with van der Waals surface area (Å²) in [5.41, 5.74) is 1.17. The molecule has 1 aromatic rings. The lowest BCUT2D eigenvalue weighted by Gasteiger charge is -2.42. The Morgan fingerprint density at radius 1 is 1.37 bits per heavy atom. The first kappa shape index (κ1) is 12.7. The van der Waals surface area contributed by atoms with Crippen molar-refractivity contribution in [3.8, 4) is 0 Å². The fourth-order valence-electron chi connectivity index (χ4n) is 3.33. The summed E-state index contributed by atoms with van der Waals surface area (Å²) in [6, 6.07) is 2.07. The van der Waals surface area contributed by atoms with E-state index in [1.165, 1.54) is 5.69 Å². The first-order valence-corrected chi connectivity index (χ1v) is 7.17. The van der Waals surface area contributed by atoms with Crippen LogP contribution in [0.25, 0.3) is 0 Å². The van der Waals surface area contributed by atoms with E-state index < -0.39 is 0 Å². The average molecular weight is 262 g/mol. The van der Waals surface area contributed by atoms with Crippen molar-refractivity contribution in [2.24, 2.45) is 12.5 Å². The van der Waals surface area contributed by atoms with Gasteiger partial charge in [-0.1, -0.05) is 0 Å². The minimum atomic E-state index is -0.0682. The lowest BCUT2D eigenvalue weighted by Crippen LogP contribution is -2.51. The third-order valence-electron chi connectivity index (χ3n) is 4.72. The monoisotopic (exact) mass is 262 g/mol. The number of aryl methyl sites for hydroxylation is 1. The Balaban J connectivity index is 1.60. The van der Waals surface area contributed by atoms with Gasteiger partial charge < -0.3 is 5.32 Å². The van der Waals surface area contributed by atoms with Crippen LogP contribution in [0, 0.1) is 5.41 Å². The van der Waals surface area contributed by atoms with Crippen LogP contribution in [0.15, 0.2) is 12.3 Å². The highest BCUT2D eigenvalue weighted by molar-refractivity contribution is 5.83. The van der Waals surface area contributed by atoms with Gasteiger partial charge in [-0.05, 0) is 44.8 Å². The molecule has 1 N–H and O–H groups in total. The largest absolute Gasteiger partial charge is 0.356 e. The van der Waals surface area contributed by atoms with Gasteiger partial charge in [0, 0.05) is 26.3 Å². The van der Waals surface area contributed by atoms with Crippen LogP contribution in [0.4, 0.5) is 0 Å². The number of carbonyl (C=O) groups excluding carboxylic acids is 1. The average Bonchev–Trinajstić information content (AvgIpc) is 2.82. The molecule has 0 unspecified atom stereocenters. The SMILES string of the molecule is Cn1nccc1CN1CCC2(CCCNC2=O)CC1. The molecule has 2 fully saturated rings. The molecule has 0 bridgehead atoms. The van der Waals surface area contributed by atoms with Crippen molar-refractivity contribution >= 4 is 5.91 Å². The second-order valence-electron chi connectivity index (χ2n) is 5.86. The molecule has 104 valence electrons. The van der Waals surface area contributed by atoms with Gasteiger partial charge in [-0.15, -0.1) is 0 Å². The van der Waals surface area contributed by atoms with E-state index in [1.54, 1.807) is 0 Å². The van der Waals surface area contributed by atoms with Crippen LogP contribution < -0.4 is 5.32 Å². The lowest BCUT2D eigenvalue weighted by atomic mass is 9.72. The number of piperidine rings is 2. The lowest BCUT2D eigenvalue weighted by molar-refractivity contribution is -0.136. The minimum absolute atomic E-state index is 0.0682. The number of amides is 1. The highest BCUT2D eigenvalue weighted by atomic mass is 16.2. The van der Waals surface area contributed by atoms with Crippen LogP contribution in [0.1, 0.15) is 31.4 Å². The quantitative estimate of drug-likeness (QED) is 0.862. The third-order valence-corrected chi connectivity index (χ3v) is 4.72. The molecule has 19 heavy (non-hydrogen) atoms. The Hall–Kier alpha value is -1.36. The molecular formula is C14H22N4O. The van der Waals surface area contributed by atoms with Crippen molar-refractivity contribution in [1.82, 2.24) is 20.0 Å². The molecule has 5 heteroatoms. The molecule has 1 amide bonds. The molecule has 0 atom stereocenters. The van der Waals surface area contributed by atoms with Crippen molar-refractivity contribution in [1.29, 1.82) is 0 Å². The van der Waals surface area contributed by atoms with Crippen LogP contribution in [-0.2, 0) is 18.4 Å². The van der Waals surface area contributed by atoms with Gasteiger partial charge in [-0.2, -0.15) is 5.10 Å². The van der Waals surface area contributed by atoms with Crippen molar-refractivity contribution in [2.45, 2.75) is 32.2 Å². The second-order valence-corrected chi connectivity index (χ2v) is 5.86. The van der Waals surface area contributed by atoms with Gasteiger partial charge in [-0.3, -0.25) is 14.4 Å². The number of likely N-dealkylation sites (tertiary alicyclic amines) is 1. The third kappa shape index (κ3) is 2.39. The smallest absolute Gasteiger partial charge is 0.226 e. The molecule has 5 nitrogen and oxygen atoms in total. The van der Waals surface area contributed by atoms with Crippen LogP contribution in [-0.4, -0.2) is 40.2 Å². The number of hydrogen-bond acceptors (Lipinski definition) is 3. The maximum absolute atomic E-state index is 12.1. The van der Waals surface area contributed by atoms with Gasteiger partial charge >= 0.3 is 0 Å². The van der Waals surface area contributed by atoms with E-state index in [9.17, 15) is 4.79 Å². The van der Waals surface area contributed by atoms with Gasteiger partial charge in [-0.25, -0.2) is 0 Å². The fourth-order valence-corrected chi connectivity index (χ4v) is 3.33. The Morgan fingerprint density at radius 3 is 2.79 bits per heavy atom. The number of hydrogen-bond donors (Lipinski definition) is 1. The minimum Gasteiger partial charge on any atom is -0.356 e. The molecule has 0 aromatic carbocycles. The Kier molecular flexibility index (Phi) is 3.31. The van der Waals surface area contributed by atoms with Gasteiger partial charge in [0.2, 0.25) is 5.91 Å². The number of carbonyl (C=O) groups is 1. The van der Waals surface area contributed by atoms with Gasteiger partial charge in [0.05, 0.1) is 11.1 Å². The van der Waals surface area contributed by atoms with E-state index in [0.717, 1.165) is 51.9 Å². The second kappa shape index (κ2) is 4.96. The summed E-state index contributed by atoms with van der Waals surface area (Å²) in [6.45, 7) is 3.82. The molecule has 2 saturated heterocycles. The maximum Gasteiger partial charge on any atom is 0.226 e.